The highest BCUT2D eigenvalue weighted by Crippen LogP contribution is 2.63. The van der Waals surface area contributed by atoms with E-state index in [9.17, 15) is 0 Å². The van der Waals surface area contributed by atoms with Gasteiger partial charge in [0.1, 0.15) is 0 Å². The van der Waals surface area contributed by atoms with Crippen LogP contribution in [0.3, 0.4) is 0 Å². The van der Waals surface area contributed by atoms with Crippen molar-refractivity contribution in [3.05, 3.63) is 34.9 Å². The maximum atomic E-state index is 6.06. The third-order valence-corrected chi connectivity index (χ3v) is 6.12. The van der Waals surface area contributed by atoms with E-state index < -0.39 is 0 Å². The van der Waals surface area contributed by atoms with Crippen LogP contribution in [-0.4, -0.2) is 12.1 Å². The molecule has 2 aliphatic carbocycles. The van der Waals surface area contributed by atoms with Crippen molar-refractivity contribution in [2.24, 2.45) is 10.8 Å². The highest BCUT2D eigenvalue weighted by molar-refractivity contribution is 6.30. The van der Waals surface area contributed by atoms with Crippen LogP contribution in [0.15, 0.2) is 24.3 Å². The average molecular weight is 278 g/mol. The third-order valence-electron chi connectivity index (χ3n) is 5.88. The summed E-state index contributed by atoms with van der Waals surface area (Å²) >= 11 is 6.06. The summed E-state index contributed by atoms with van der Waals surface area (Å²) < 4.78 is 0. The van der Waals surface area contributed by atoms with Crippen LogP contribution in [0.2, 0.25) is 5.02 Å². The molecular weight excluding hydrogens is 254 g/mol. The second-order valence-electron chi connectivity index (χ2n) is 7.46. The molecule has 104 valence electrons. The molecule has 1 aromatic carbocycles. The van der Waals surface area contributed by atoms with Gasteiger partial charge in [-0.1, -0.05) is 51.4 Å². The van der Waals surface area contributed by atoms with E-state index in [0.29, 0.717) is 28.8 Å². The van der Waals surface area contributed by atoms with Gasteiger partial charge in [0.25, 0.3) is 0 Å². The molecular formula is C17H24ClN. The SMILES string of the molecule is CC1(C)C(NC2CC(c3cccc(Cl)c3)C2)C1(C)C. The van der Waals surface area contributed by atoms with Gasteiger partial charge in [0.05, 0.1) is 0 Å². The number of hydrogen-bond donors (Lipinski definition) is 1. The standard InChI is InChI=1S/C17H24ClN/c1-16(2)15(17(16,3)4)19-14-9-12(10-14)11-6-5-7-13(18)8-11/h5-8,12,14-15,19H,9-10H2,1-4H3. The van der Waals surface area contributed by atoms with E-state index in [1.165, 1.54) is 18.4 Å². The summed E-state index contributed by atoms with van der Waals surface area (Å²) in [6.07, 6.45) is 2.51. The van der Waals surface area contributed by atoms with Gasteiger partial charge in [0.15, 0.2) is 0 Å². The summed E-state index contributed by atoms with van der Waals surface area (Å²) in [6, 6.07) is 9.70. The molecule has 0 spiro atoms. The third kappa shape index (κ3) is 2.11. The predicted molar refractivity (Wildman–Crippen MR) is 81.7 cm³/mol. The monoisotopic (exact) mass is 277 g/mol. The first-order chi connectivity index (χ1) is 8.82. The van der Waals surface area contributed by atoms with Crippen LogP contribution in [0.1, 0.15) is 52.0 Å². The van der Waals surface area contributed by atoms with Gasteiger partial charge >= 0.3 is 0 Å². The molecule has 3 rings (SSSR count). The lowest BCUT2D eigenvalue weighted by atomic mass is 9.76. The van der Waals surface area contributed by atoms with E-state index in [1.54, 1.807) is 0 Å². The number of nitrogens with one attached hydrogen (secondary N) is 1. The van der Waals surface area contributed by atoms with Crippen LogP contribution >= 0.6 is 11.6 Å². The van der Waals surface area contributed by atoms with E-state index in [4.69, 9.17) is 11.6 Å². The van der Waals surface area contributed by atoms with Crippen molar-refractivity contribution in [1.29, 1.82) is 0 Å². The molecule has 19 heavy (non-hydrogen) atoms. The van der Waals surface area contributed by atoms with E-state index in [0.717, 1.165) is 5.02 Å². The fraction of sp³-hybridized carbons (Fsp3) is 0.647. The summed E-state index contributed by atoms with van der Waals surface area (Å²) in [5.41, 5.74) is 2.28. The maximum absolute atomic E-state index is 6.06. The zero-order valence-corrected chi connectivity index (χ0v) is 13.1. The minimum atomic E-state index is 0.439. The van der Waals surface area contributed by atoms with E-state index in [2.05, 4.69) is 51.2 Å². The van der Waals surface area contributed by atoms with Crippen molar-refractivity contribution in [2.75, 3.05) is 0 Å². The first-order valence-electron chi connectivity index (χ1n) is 7.34. The second-order valence-corrected chi connectivity index (χ2v) is 7.90. The number of hydrogen-bond acceptors (Lipinski definition) is 1. The van der Waals surface area contributed by atoms with Crippen LogP contribution in [0, 0.1) is 10.8 Å². The fourth-order valence-electron chi connectivity index (χ4n) is 3.64. The molecule has 0 bridgehead atoms. The first-order valence-corrected chi connectivity index (χ1v) is 7.71. The smallest absolute Gasteiger partial charge is 0.0408 e. The van der Waals surface area contributed by atoms with Gasteiger partial charge in [-0.05, 0) is 47.3 Å². The number of halogens is 1. The minimum Gasteiger partial charge on any atom is -0.310 e. The van der Waals surface area contributed by atoms with Gasteiger partial charge in [0, 0.05) is 17.1 Å². The minimum absolute atomic E-state index is 0.439. The average Bonchev–Trinajstić information content (AvgIpc) is 2.63. The summed E-state index contributed by atoms with van der Waals surface area (Å²) in [7, 11) is 0. The lowest BCUT2D eigenvalue weighted by Crippen LogP contribution is -2.43. The van der Waals surface area contributed by atoms with Gasteiger partial charge < -0.3 is 5.32 Å². The highest BCUT2D eigenvalue weighted by Gasteiger charge is 2.65. The molecule has 2 saturated carbocycles. The Morgan fingerprint density at radius 1 is 1.11 bits per heavy atom. The largest absolute Gasteiger partial charge is 0.310 e. The molecule has 0 heterocycles. The Kier molecular flexibility index (Phi) is 3.00. The summed E-state index contributed by atoms with van der Waals surface area (Å²) in [4.78, 5) is 0. The van der Waals surface area contributed by atoms with E-state index >= 15 is 0 Å². The van der Waals surface area contributed by atoms with Crippen molar-refractivity contribution in [2.45, 2.75) is 58.5 Å². The van der Waals surface area contributed by atoms with Gasteiger partial charge in [-0.3, -0.25) is 0 Å². The van der Waals surface area contributed by atoms with Crippen LogP contribution < -0.4 is 5.32 Å². The molecule has 0 saturated heterocycles. The quantitative estimate of drug-likeness (QED) is 0.851. The summed E-state index contributed by atoms with van der Waals surface area (Å²) in [6.45, 7) is 9.49. The Morgan fingerprint density at radius 3 is 2.26 bits per heavy atom. The molecule has 1 aromatic rings. The molecule has 0 atom stereocenters. The Hall–Kier alpha value is -0.530. The van der Waals surface area contributed by atoms with E-state index in [-0.39, 0.29) is 0 Å². The highest BCUT2D eigenvalue weighted by atomic mass is 35.5. The normalized spacial score (nSPS) is 31.8. The first kappa shape index (κ1) is 13.5. The molecule has 0 radical (unpaired) electrons. The molecule has 0 amide bonds. The Labute approximate surface area is 121 Å². The topological polar surface area (TPSA) is 12.0 Å². The zero-order chi connectivity index (χ0) is 13.8. The van der Waals surface area contributed by atoms with Crippen molar-refractivity contribution >= 4 is 11.6 Å². The molecule has 2 heteroatoms. The Morgan fingerprint density at radius 2 is 1.74 bits per heavy atom. The molecule has 0 aliphatic heterocycles. The Bertz CT molecular complexity index is 472. The van der Waals surface area contributed by atoms with Crippen molar-refractivity contribution in [1.82, 2.24) is 5.32 Å². The molecule has 1 nitrogen and oxygen atoms in total. The Balaban J connectivity index is 1.54. The molecule has 0 unspecified atom stereocenters. The molecule has 0 aromatic heterocycles. The fourth-order valence-corrected chi connectivity index (χ4v) is 3.83. The van der Waals surface area contributed by atoms with Crippen LogP contribution in [0.4, 0.5) is 0 Å². The predicted octanol–water partition coefficient (Wildman–Crippen LogP) is 4.61. The van der Waals surface area contributed by atoms with Crippen molar-refractivity contribution in [3.8, 4) is 0 Å². The molecule has 2 aliphatic rings. The van der Waals surface area contributed by atoms with Crippen LogP contribution in [0.5, 0.6) is 0 Å². The van der Waals surface area contributed by atoms with Crippen molar-refractivity contribution < 1.29 is 0 Å². The van der Waals surface area contributed by atoms with Gasteiger partial charge in [-0.25, -0.2) is 0 Å². The number of rotatable bonds is 3. The lowest BCUT2D eigenvalue weighted by molar-refractivity contribution is 0.275. The summed E-state index contributed by atoms with van der Waals surface area (Å²) in [5, 5.41) is 4.71. The summed E-state index contributed by atoms with van der Waals surface area (Å²) in [5.74, 6) is 0.696. The zero-order valence-electron chi connectivity index (χ0n) is 12.3. The van der Waals surface area contributed by atoms with Crippen LogP contribution in [-0.2, 0) is 0 Å². The van der Waals surface area contributed by atoms with Gasteiger partial charge in [-0.2, -0.15) is 0 Å². The van der Waals surface area contributed by atoms with Gasteiger partial charge in [-0.15, -0.1) is 0 Å². The number of benzene rings is 1. The molecule has 1 N–H and O–H groups in total. The van der Waals surface area contributed by atoms with Gasteiger partial charge in [0.2, 0.25) is 0 Å². The van der Waals surface area contributed by atoms with Crippen molar-refractivity contribution in [3.63, 3.8) is 0 Å². The van der Waals surface area contributed by atoms with E-state index in [1.807, 2.05) is 6.07 Å². The maximum Gasteiger partial charge on any atom is 0.0408 e. The second kappa shape index (κ2) is 4.23. The lowest BCUT2D eigenvalue weighted by Gasteiger charge is -2.37. The van der Waals surface area contributed by atoms with Crippen LogP contribution in [0.25, 0.3) is 0 Å². The molecule has 2 fully saturated rings.